The van der Waals surface area contributed by atoms with Crippen LogP contribution in [-0.2, 0) is 10.0 Å². The van der Waals surface area contributed by atoms with Gasteiger partial charge in [-0.15, -0.1) is 0 Å². The molecule has 0 radical (unpaired) electrons. The number of nitrogens with zero attached hydrogens (tertiary/aromatic N) is 1. The highest BCUT2D eigenvalue weighted by molar-refractivity contribution is 7.89. The second-order valence-corrected chi connectivity index (χ2v) is 10.2. The normalized spacial score (nSPS) is 26.4. The quantitative estimate of drug-likeness (QED) is 0.804. The highest BCUT2D eigenvalue weighted by atomic mass is 35.5. The number of rotatable bonds is 4. The molecule has 1 saturated carbocycles. The predicted molar refractivity (Wildman–Crippen MR) is 96.7 cm³/mol. The summed E-state index contributed by atoms with van der Waals surface area (Å²) in [7, 11) is -3.28. The minimum absolute atomic E-state index is 0.0137. The van der Waals surface area contributed by atoms with Crippen LogP contribution in [0.5, 0.6) is 5.75 Å². The number of sulfonamides is 1. The molecular formula is C16H20Cl2N2O4S. The van der Waals surface area contributed by atoms with Gasteiger partial charge < -0.3 is 10.4 Å². The molecule has 0 aromatic heterocycles. The van der Waals surface area contributed by atoms with Crippen LogP contribution in [0.25, 0.3) is 0 Å². The SMILES string of the molecule is CC(C)S(=O)(=O)N1C[C@H]2C[C@@H]1C[C@H]2NC(=O)c1cc(Cl)cc(Cl)c1O. The Balaban J connectivity index is 1.71. The van der Waals surface area contributed by atoms with Gasteiger partial charge in [0.2, 0.25) is 10.0 Å². The molecular weight excluding hydrogens is 387 g/mol. The number of fused-ring (bicyclic) bond motifs is 2. The third-order valence-corrected chi connectivity index (χ3v) is 7.80. The molecule has 0 unspecified atom stereocenters. The minimum atomic E-state index is -3.28. The number of phenolic OH excluding ortho intramolecular Hbond substituents is 1. The lowest BCUT2D eigenvalue weighted by Gasteiger charge is -2.32. The van der Waals surface area contributed by atoms with Gasteiger partial charge in [0.1, 0.15) is 5.75 Å². The predicted octanol–water partition coefficient (Wildman–Crippen LogP) is 2.63. The smallest absolute Gasteiger partial charge is 0.255 e. The Morgan fingerprint density at radius 3 is 2.56 bits per heavy atom. The standard InChI is InChI=1S/C16H20Cl2N2O4S/c1-8(2)25(23,24)20-7-9-3-11(20)6-14(9)19-16(22)12-4-10(17)5-13(18)15(12)21/h4-5,8-9,11,14,21H,3,6-7H2,1-2H3,(H,19,22)/t9-,11-,14-/m1/s1. The average Bonchev–Trinajstić information content (AvgIpc) is 3.10. The topological polar surface area (TPSA) is 86.7 Å². The molecule has 3 atom stereocenters. The first kappa shape index (κ1) is 18.8. The molecule has 9 heteroatoms. The molecule has 1 saturated heterocycles. The van der Waals surface area contributed by atoms with E-state index in [4.69, 9.17) is 23.2 Å². The molecule has 3 rings (SSSR count). The van der Waals surface area contributed by atoms with Gasteiger partial charge in [0.15, 0.2) is 0 Å². The minimum Gasteiger partial charge on any atom is -0.506 e. The Hall–Kier alpha value is -1.02. The Kier molecular flexibility index (Phi) is 4.96. The third-order valence-electron chi connectivity index (χ3n) is 5.00. The summed E-state index contributed by atoms with van der Waals surface area (Å²) in [6.45, 7) is 3.76. The van der Waals surface area contributed by atoms with E-state index in [1.165, 1.54) is 12.1 Å². The Morgan fingerprint density at radius 1 is 1.32 bits per heavy atom. The monoisotopic (exact) mass is 406 g/mol. The fourth-order valence-corrected chi connectivity index (χ4v) is 5.68. The molecule has 25 heavy (non-hydrogen) atoms. The molecule has 138 valence electrons. The second-order valence-electron chi connectivity index (χ2n) is 6.91. The van der Waals surface area contributed by atoms with Crippen molar-refractivity contribution < 1.29 is 18.3 Å². The van der Waals surface area contributed by atoms with Crippen LogP contribution >= 0.6 is 23.2 Å². The molecule has 6 nitrogen and oxygen atoms in total. The number of nitrogens with one attached hydrogen (secondary N) is 1. The van der Waals surface area contributed by atoms with Crippen LogP contribution in [0.1, 0.15) is 37.0 Å². The summed E-state index contributed by atoms with van der Waals surface area (Å²) in [5.41, 5.74) is 0.0203. The Labute approximate surface area is 157 Å². The molecule has 2 bridgehead atoms. The number of hydrogen-bond acceptors (Lipinski definition) is 4. The summed E-state index contributed by atoms with van der Waals surface area (Å²) < 4.78 is 26.3. The number of piperidine rings is 1. The first-order valence-corrected chi connectivity index (χ1v) is 10.4. The van der Waals surface area contributed by atoms with Crippen molar-refractivity contribution >= 4 is 39.1 Å². The van der Waals surface area contributed by atoms with Gasteiger partial charge in [-0.25, -0.2) is 8.42 Å². The molecule has 1 aromatic carbocycles. The van der Waals surface area contributed by atoms with Crippen LogP contribution in [0, 0.1) is 5.92 Å². The van der Waals surface area contributed by atoms with E-state index >= 15 is 0 Å². The van der Waals surface area contributed by atoms with Crippen LogP contribution in [0.3, 0.4) is 0 Å². The van der Waals surface area contributed by atoms with E-state index in [0.717, 1.165) is 6.42 Å². The summed E-state index contributed by atoms with van der Waals surface area (Å²) >= 11 is 11.7. The summed E-state index contributed by atoms with van der Waals surface area (Å²) in [4.78, 5) is 12.5. The van der Waals surface area contributed by atoms with Crippen LogP contribution < -0.4 is 5.32 Å². The number of hydrogen-bond donors (Lipinski definition) is 2. The summed E-state index contributed by atoms with van der Waals surface area (Å²) in [6.07, 6.45) is 1.30. The van der Waals surface area contributed by atoms with Gasteiger partial charge in [-0.3, -0.25) is 4.79 Å². The highest BCUT2D eigenvalue weighted by Crippen LogP contribution is 2.40. The summed E-state index contributed by atoms with van der Waals surface area (Å²) in [5.74, 6) is -0.701. The second kappa shape index (κ2) is 6.61. The molecule has 2 aliphatic rings. The van der Waals surface area contributed by atoms with Crippen molar-refractivity contribution in [2.75, 3.05) is 6.54 Å². The van der Waals surface area contributed by atoms with Gasteiger partial charge in [0, 0.05) is 23.7 Å². The van der Waals surface area contributed by atoms with Gasteiger partial charge in [0.25, 0.3) is 5.91 Å². The van der Waals surface area contributed by atoms with Gasteiger partial charge in [-0.1, -0.05) is 23.2 Å². The van der Waals surface area contributed by atoms with E-state index in [-0.39, 0.29) is 39.4 Å². The molecule has 1 aromatic rings. The summed E-state index contributed by atoms with van der Waals surface area (Å²) in [6, 6.07) is 2.51. The number of carbonyl (C=O) groups excluding carboxylic acids is 1. The van der Waals surface area contributed by atoms with Crippen LogP contribution in [0.4, 0.5) is 0 Å². The van der Waals surface area contributed by atoms with Crippen LogP contribution in [0.2, 0.25) is 10.0 Å². The van der Waals surface area contributed by atoms with E-state index in [2.05, 4.69) is 5.32 Å². The molecule has 1 heterocycles. The molecule has 1 aliphatic heterocycles. The van der Waals surface area contributed by atoms with Crippen LogP contribution in [-0.4, -0.2) is 47.6 Å². The van der Waals surface area contributed by atoms with E-state index < -0.39 is 21.2 Å². The fraction of sp³-hybridized carbons (Fsp3) is 0.562. The average molecular weight is 407 g/mol. The zero-order valence-corrected chi connectivity index (χ0v) is 16.2. The van der Waals surface area contributed by atoms with Crippen molar-refractivity contribution in [3.63, 3.8) is 0 Å². The lowest BCUT2D eigenvalue weighted by molar-refractivity contribution is 0.0917. The highest BCUT2D eigenvalue weighted by Gasteiger charge is 2.50. The van der Waals surface area contributed by atoms with Crippen LogP contribution in [0.15, 0.2) is 12.1 Å². The molecule has 2 fully saturated rings. The van der Waals surface area contributed by atoms with Gasteiger partial charge in [-0.05, 0) is 44.7 Å². The zero-order chi connectivity index (χ0) is 18.5. The maximum atomic E-state index is 12.5. The number of carbonyl (C=O) groups is 1. The van der Waals surface area contributed by atoms with Gasteiger partial charge >= 0.3 is 0 Å². The molecule has 1 amide bonds. The molecule has 0 spiro atoms. The lowest BCUT2D eigenvalue weighted by atomic mass is 10.0. The largest absolute Gasteiger partial charge is 0.506 e. The zero-order valence-electron chi connectivity index (χ0n) is 13.9. The summed E-state index contributed by atoms with van der Waals surface area (Å²) in [5, 5.41) is 12.7. The van der Waals surface area contributed by atoms with Gasteiger partial charge in [-0.2, -0.15) is 4.31 Å². The molecule has 2 N–H and O–H groups in total. The number of amides is 1. The van der Waals surface area contributed by atoms with Crippen molar-refractivity contribution in [3.05, 3.63) is 27.7 Å². The maximum absolute atomic E-state index is 12.5. The first-order valence-electron chi connectivity index (χ1n) is 8.10. The van der Waals surface area contributed by atoms with Gasteiger partial charge in [0.05, 0.1) is 15.8 Å². The number of phenols is 1. The van der Waals surface area contributed by atoms with Crippen molar-refractivity contribution in [1.29, 1.82) is 0 Å². The van der Waals surface area contributed by atoms with Crippen molar-refractivity contribution in [1.82, 2.24) is 9.62 Å². The third kappa shape index (κ3) is 3.35. The molecule has 1 aliphatic carbocycles. The lowest BCUT2D eigenvalue weighted by Crippen LogP contribution is -2.49. The van der Waals surface area contributed by atoms with E-state index in [0.29, 0.717) is 13.0 Å². The van der Waals surface area contributed by atoms with E-state index in [1.54, 1.807) is 18.2 Å². The first-order chi connectivity index (χ1) is 11.6. The Morgan fingerprint density at radius 2 is 2.00 bits per heavy atom. The number of aromatic hydroxyl groups is 1. The van der Waals surface area contributed by atoms with Crippen molar-refractivity contribution in [3.8, 4) is 5.75 Å². The fourth-order valence-electron chi connectivity index (χ4n) is 3.66. The number of benzene rings is 1. The maximum Gasteiger partial charge on any atom is 0.255 e. The van der Waals surface area contributed by atoms with Crippen molar-refractivity contribution in [2.24, 2.45) is 5.92 Å². The van der Waals surface area contributed by atoms with E-state index in [9.17, 15) is 18.3 Å². The van der Waals surface area contributed by atoms with Crippen molar-refractivity contribution in [2.45, 2.75) is 44.0 Å². The Bertz CT molecular complexity index is 813. The number of halogens is 2. The van der Waals surface area contributed by atoms with E-state index in [1.807, 2.05) is 0 Å².